The molecule has 0 bridgehead atoms. The Balaban J connectivity index is 2.13. The molecule has 0 unspecified atom stereocenters. The average molecular weight is 360 g/mol. The lowest BCUT2D eigenvalue weighted by molar-refractivity contribution is -0.111. The van der Waals surface area contributed by atoms with E-state index in [9.17, 15) is 4.79 Å². The van der Waals surface area contributed by atoms with Crippen LogP contribution in [-0.2, 0) is 4.79 Å². The lowest BCUT2D eigenvalue weighted by Gasteiger charge is -2.15. The van der Waals surface area contributed by atoms with Gasteiger partial charge in [-0.3, -0.25) is 4.79 Å². The highest BCUT2D eigenvalue weighted by Crippen LogP contribution is 2.37. The summed E-state index contributed by atoms with van der Waals surface area (Å²) >= 11 is 6.28. The summed E-state index contributed by atoms with van der Waals surface area (Å²) in [5.74, 6) is 0.807. The van der Waals surface area contributed by atoms with Gasteiger partial charge >= 0.3 is 0 Å². The zero-order valence-corrected chi connectivity index (χ0v) is 15.6. The summed E-state index contributed by atoms with van der Waals surface area (Å²) in [4.78, 5) is 12.0. The van der Waals surface area contributed by atoms with Crippen molar-refractivity contribution in [1.82, 2.24) is 0 Å². The summed E-state index contributed by atoms with van der Waals surface area (Å²) in [7, 11) is 1.55. The SMILES string of the molecule is COc1cc(C=CC(=O)Nc2ccc(C)cc2)cc(Cl)c1OC(C)C. The summed E-state index contributed by atoms with van der Waals surface area (Å²) in [6.07, 6.45) is 3.11. The van der Waals surface area contributed by atoms with Crippen LogP contribution in [0.1, 0.15) is 25.0 Å². The van der Waals surface area contributed by atoms with Gasteiger partial charge in [0.05, 0.1) is 18.2 Å². The van der Waals surface area contributed by atoms with E-state index in [-0.39, 0.29) is 12.0 Å². The molecule has 25 heavy (non-hydrogen) atoms. The molecule has 0 saturated heterocycles. The van der Waals surface area contributed by atoms with Gasteiger partial charge < -0.3 is 14.8 Å². The number of hydrogen-bond acceptors (Lipinski definition) is 3. The number of methoxy groups -OCH3 is 1. The van der Waals surface area contributed by atoms with Crippen LogP contribution in [0.3, 0.4) is 0 Å². The number of nitrogens with one attached hydrogen (secondary N) is 1. The van der Waals surface area contributed by atoms with E-state index in [2.05, 4.69) is 5.32 Å². The Morgan fingerprint density at radius 3 is 2.48 bits per heavy atom. The first-order chi connectivity index (χ1) is 11.9. The van der Waals surface area contributed by atoms with Gasteiger partial charge in [-0.15, -0.1) is 0 Å². The van der Waals surface area contributed by atoms with Crippen LogP contribution in [0.2, 0.25) is 5.02 Å². The van der Waals surface area contributed by atoms with Crippen molar-refractivity contribution in [3.8, 4) is 11.5 Å². The molecule has 0 radical (unpaired) electrons. The molecule has 5 heteroatoms. The molecule has 4 nitrogen and oxygen atoms in total. The first kappa shape index (κ1) is 18.9. The molecular formula is C20H22ClNO3. The van der Waals surface area contributed by atoms with Gasteiger partial charge in [0, 0.05) is 11.8 Å². The van der Waals surface area contributed by atoms with Gasteiger partial charge in [-0.05, 0) is 56.7 Å². The van der Waals surface area contributed by atoms with Crippen molar-refractivity contribution in [2.24, 2.45) is 0 Å². The summed E-state index contributed by atoms with van der Waals surface area (Å²) in [6.45, 7) is 5.83. The molecule has 132 valence electrons. The topological polar surface area (TPSA) is 47.6 Å². The van der Waals surface area contributed by atoms with Crippen molar-refractivity contribution in [3.63, 3.8) is 0 Å². The minimum absolute atomic E-state index is 0.0203. The highest BCUT2D eigenvalue weighted by molar-refractivity contribution is 6.32. The summed E-state index contributed by atoms with van der Waals surface area (Å²) in [5.41, 5.74) is 2.63. The largest absolute Gasteiger partial charge is 0.493 e. The number of ether oxygens (including phenoxy) is 2. The second kappa shape index (κ2) is 8.58. The van der Waals surface area contributed by atoms with E-state index in [1.807, 2.05) is 45.0 Å². The van der Waals surface area contributed by atoms with Crippen LogP contribution in [-0.4, -0.2) is 19.1 Å². The predicted molar refractivity (Wildman–Crippen MR) is 103 cm³/mol. The molecule has 0 aliphatic carbocycles. The van der Waals surface area contributed by atoms with Gasteiger partial charge in [0.1, 0.15) is 0 Å². The third-order valence-corrected chi connectivity index (χ3v) is 3.63. The Morgan fingerprint density at radius 1 is 1.20 bits per heavy atom. The first-order valence-electron chi connectivity index (χ1n) is 7.99. The summed E-state index contributed by atoms with van der Waals surface area (Å²) < 4.78 is 11.0. The Kier molecular flexibility index (Phi) is 6.48. The van der Waals surface area contributed by atoms with Gasteiger partial charge in [-0.25, -0.2) is 0 Å². The number of amides is 1. The van der Waals surface area contributed by atoms with Crippen molar-refractivity contribution in [2.45, 2.75) is 26.9 Å². The highest BCUT2D eigenvalue weighted by Gasteiger charge is 2.12. The number of benzene rings is 2. The Bertz CT molecular complexity index is 767. The normalized spacial score (nSPS) is 11.0. The fourth-order valence-corrected chi connectivity index (χ4v) is 2.44. The zero-order valence-electron chi connectivity index (χ0n) is 14.8. The van der Waals surface area contributed by atoms with Crippen LogP contribution in [0.15, 0.2) is 42.5 Å². The molecule has 1 N–H and O–H groups in total. The van der Waals surface area contributed by atoms with E-state index in [0.29, 0.717) is 16.5 Å². The smallest absolute Gasteiger partial charge is 0.248 e. The number of carbonyl (C=O) groups excluding carboxylic acids is 1. The predicted octanol–water partition coefficient (Wildman–Crippen LogP) is 5.10. The van der Waals surface area contributed by atoms with E-state index in [1.165, 1.54) is 6.08 Å². The molecule has 0 aromatic heterocycles. The number of halogens is 1. The fraction of sp³-hybridized carbons (Fsp3) is 0.250. The molecule has 0 fully saturated rings. The van der Waals surface area contributed by atoms with Gasteiger partial charge in [0.25, 0.3) is 0 Å². The zero-order chi connectivity index (χ0) is 18.4. The Labute approximate surface area is 153 Å². The van der Waals surface area contributed by atoms with Crippen molar-refractivity contribution < 1.29 is 14.3 Å². The molecular weight excluding hydrogens is 338 g/mol. The van der Waals surface area contributed by atoms with E-state index < -0.39 is 0 Å². The van der Waals surface area contributed by atoms with E-state index in [1.54, 1.807) is 25.3 Å². The highest BCUT2D eigenvalue weighted by atomic mass is 35.5. The van der Waals surface area contributed by atoms with Crippen molar-refractivity contribution in [3.05, 3.63) is 58.6 Å². The lowest BCUT2D eigenvalue weighted by Crippen LogP contribution is -2.08. The standard InChI is InChI=1S/C20H22ClNO3/c1-13(2)25-20-17(21)11-15(12-18(20)24-4)7-10-19(23)22-16-8-5-14(3)6-9-16/h5-13H,1-4H3,(H,22,23). The van der Waals surface area contributed by atoms with E-state index in [4.69, 9.17) is 21.1 Å². The molecule has 0 spiro atoms. The Morgan fingerprint density at radius 2 is 1.88 bits per heavy atom. The van der Waals surface area contributed by atoms with Crippen molar-refractivity contribution in [2.75, 3.05) is 12.4 Å². The third kappa shape index (κ3) is 5.54. The number of rotatable bonds is 6. The minimum atomic E-state index is -0.221. The van der Waals surface area contributed by atoms with Gasteiger partial charge in [-0.1, -0.05) is 29.3 Å². The quantitative estimate of drug-likeness (QED) is 0.730. The second-order valence-corrected chi connectivity index (χ2v) is 6.30. The van der Waals surface area contributed by atoms with Crippen LogP contribution in [0.25, 0.3) is 6.08 Å². The maximum Gasteiger partial charge on any atom is 0.248 e. The van der Waals surface area contributed by atoms with Crippen LogP contribution in [0.4, 0.5) is 5.69 Å². The van der Waals surface area contributed by atoms with Crippen LogP contribution in [0, 0.1) is 6.92 Å². The minimum Gasteiger partial charge on any atom is -0.493 e. The van der Waals surface area contributed by atoms with Gasteiger partial charge in [0.15, 0.2) is 11.5 Å². The van der Waals surface area contributed by atoms with Crippen molar-refractivity contribution >= 4 is 29.3 Å². The number of carbonyl (C=O) groups is 1. The monoisotopic (exact) mass is 359 g/mol. The molecule has 2 aromatic carbocycles. The average Bonchev–Trinajstić information content (AvgIpc) is 2.56. The third-order valence-electron chi connectivity index (χ3n) is 3.35. The summed E-state index contributed by atoms with van der Waals surface area (Å²) in [5, 5.41) is 3.24. The lowest BCUT2D eigenvalue weighted by atomic mass is 10.1. The van der Waals surface area contributed by atoms with E-state index in [0.717, 1.165) is 16.8 Å². The number of anilines is 1. The molecule has 0 aliphatic rings. The number of aryl methyl sites for hydroxylation is 1. The maximum absolute atomic E-state index is 12.0. The number of hydrogen-bond donors (Lipinski definition) is 1. The van der Waals surface area contributed by atoms with Crippen LogP contribution >= 0.6 is 11.6 Å². The first-order valence-corrected chi connectivity index (χ1v) is 8.36. The molecule has 0 aliphatic heterocycles. The fourth-order valence-electron chi connectivity index (χ4n) is 2.18. The van der Waals surface area contributed by atoms with Gasteiger partial charge in [0.2, 0.25) is 5.91 Å². The Hall–Kier alpha value is -2.46. The molecule has 2 aromatic rings. The van der Waals surface area contributed by atoms with Crippen LogP contribution < -0.4 is 14.8 Å². The molecule has 0 saturated carbocycles. The van der Waals surface area contributed by atoms with Crippen molar-refractivity contribution in [1.29, 1.82) is 0 Å². The van der Waals surface area contributed by atoms with E-state index >= 15 is 0 Å². The second-order valence-electron chi connectivity index (χ2n) is 5.89. The molecule has 2 rings (SSSR count). The van der Waals surface area contributed by atoms with Crippen LogP contribution in [0.5, 0.6) is 11.5 Å². The summed E-state index contributed by atoms with van der Waals surface area (Å²) in [6, 6.07) is 11.1. The maximum atomic E-state index is 12.0. The van der Waals surface area contributed by atoms with Gasteiger partial charge in [-0.2, -0.15) is 0 Å². The molecule has 1 amide bonds. The molecule has 0 heterocycles. The molecule has 0 atom stereocenters.